The van der Waals surface area contributed by atoms with Crippen LogP contribution in [0.4, 0.5) is 5.69 Å². The summed E-state index contributed by atoms with van der Waals surface area (Å²) in [6.07, 6.45) is 3.56. The van der Waals surface area contributed by atoms with E-state index in [1.807, 2.05) is 24.4 Å². The van der Waals surface area contributed by atoms with Crippen LogP contribution in [0.25, 0.3) is 0 Å². The van der Waals surface area contributed by atoms with Crippen molar-refractivity contribution in [3.63, 3.8) is 0 Å². The summed E-state index contributed by atoms with van der Waals surface area (Å²) >= 11 is 3.39. The van der Waals surface area contributed by atoms with E-state index >= 15 is 0 Å². The van der Waals surface area contributed by atoms with Crippen LogP contribution in [0.15, 0.2) is 47.2 Å². The number of aromatic nitrogens is 1. The number of ether oxygens (including phenoxy) is 1. The number of halogens is 1. The highest BCUT2D eigenvalue weighted by Gasteiger charge is 2.05. The number of nitrogens with one attached hydrogen (secondary N) is 1. The van der Waals surface area contributed by atoms with Crippen LogP contribution < -0.4 is 5.32 Å². The number of benzene rings is 1. The fourth-order valence-corrected chi connectivity index (χ4v) is 2.11. The zero-order valence-corrected chi connectivity index (χ0v) is 12.7. The van der Waals surface area contributed by atoms with Gasteiger partial charge in [-0.25, -0.2) is 4.79 Å². The molecule has 0 spiro atoms. The van der Waals surface area contributed by atoms with Gasteiger partial charge in [0, 0.05) is 29.1 Å². The Bertz CT molecular complexity index is 585. The standard InChI is InChI=1S/C15H15BrN2O2/c1-2-20-15(19)12-3-5-14(6-4-12)18-9-11-7-13(16)10-17-8-11/h3-8,10,18H,2,9H2,1H3. The van der Waals surface area contributed by atoms with Gasteiger partial charge in [-0.2, -0.15) is 0 Å². The van der Waals surface area contributed by atoms with Crippen LogP contribution in [0.3, 0.4) is 0 Å². The van der Waals surface area contributed by atoms with E-state index in [0.29, 0.717) is 18.7 Å². The Balaban J connectivity index is 1.95. The number of hydrogen-bond donors (Lipinski definition) is 1. The summed E-state index contributed by atoms with van der Waals surface area (Å²) in [5, 5.41) is 3.27. The van der Waals surface area contributed by atoms with Crippen molar-refractivity contribution in [3.8, 4) is 0 Å². The number of esters is 1. The third-order valence-corrected chi connectivity index (χ3v) is 3.09. The number of nitrogens with zero attached hydrogens (tertiary/aromatic N) is 1. The van der Waals surface area contributed by atoms with Crippen molar-refractivity contribution in [3.05, 3.63) is 58.3 Å². The van der Waals surface area contributed by atoms with Crippen LogP contribution in [-0.2, 0) is 11.3 Å². The zero-order valence-electron chi connectivity index (χ0n) is 11.1. The van der Waals surface area contributed by atoms with Gasteiger partial charge in [0.25, 0.3) is 0 Å². The van der Waals surface area contributed by atoms with E-state index in [4.69, 9.17) is 4.74 Å². The van der Waals surface area contributed by atoms with Gasteiger partial charge in [0.2, 0.25) is 0 Å². The molecule has 4 nitrogen and oxygen atoms in total. The molecule has 1 aromatic carbocycles. The predicted octanol–water partition coefficient (Wildman–Crippen LogP) is 3.63. The molecule has 2 aromatic rings. The molecule has 1 heterocycles. The number of carbonyl (C=O) groups excluding carboxylic acids is 1. The molecule has 0 saturated carbocycles. The van der Waals surface area contributed by atoms with Crippen LogP contribution in [0.2, 0.25) is 0 Å². The van der Waals surface area contributed by atoms with E-state index in [9.17, 15) is 4.79 Å². The monoisotopic (exact) mass is 334 g/mol. The molecule has 1 aromatic heterocycles. The summed E-state index contributed by atoms with van der Waals surface area (Å²) in [5.74, 6) is -0.296. The Morgan fingerprint density at radius 2 is 2.05 bits per heavy atom. The Morgan fingerprint density at radius 3 is 2.70 bits per heavy atom. The highest BCUT2D eigenvalue weighted by molar-refractivity contribution is 9.10. The maximum atomic E-state index is 11.5. The average Bonchev–Trinajstić information content (AvgIpc) is 2.46. The fourth-order valence-electron chi connectivity index (χ4n) is 1.70. The molecule has 1 N–H and O–H groups in total. The van der Waals surface area contributed by atoms with Crippen LogP contribution in [0.1, 0.15) is 22.8 Å². The average molecular weight is 335 g/mol. The quantitative estimate of drug-likeness (QED) is 0.848. The summed E-state index contributed by atoms with van der Waals surface area (Å²) in [6, 6.07) is 9.22. The van der Waals surface area contributed by atoms with Gasteiger partial charge < -0.3 is 10.1 Å². The molecule has 0 aliphatic rings. The van der Waals surface area contributed by atoms with E-state index in [0.717, 1.165) is 15.7 Å². The van der Waals surface area contributed by atoms with Crippen molar-refractivity contribution in [2.24, 2.45) is 0 Å². The summed E-state index contributed by atoms with van der Waals surface area (Å²) in [5.41, 5.74) is 2.58. The number of carbonyl (C=O) groups is 1. The van der Waals surface area contributed by atoms with Crippen molar-refractivity contribution in [1.82, 2.24) is 4.98 Å². The van der Waals surface area contributed by atoms with E-state index in [-0.39, 0.29) is 5.97 Å². The third kappa shape index (κ3) is 4.06. The first-order valence-electron chi connectivity index (χ1n) is 6.29. The zero-order chi connectivity index (χ0) is 14.4. The molecule has 2 rings (SSSR count). The predicted molar refractivity (Wildman–Crippen MR) is 81.7 cm³/mol. The lowest BCUT2D eigenvalue weighted by atomic mass is 10.2. The van der Waals surface area contributed by atoms with E-state index in [2.05, 4.69) is 26.2 Å². The lowest BCUT2D eigenvalue weighted by Gasteiger charge is -2.07. The van der Waals surface area contributed by atoms with Gasteiger partial charge in [-0.3, -0.25) is 4.98 Å². The van der Waals surface area contributed by atoms with E-state index in [1.54, 1.807) is 25.3 Å². The SMILES string of the molecule is CCOC(=O)c1ccc(NCc2cncc(Br)c2)cc1. The van der Waals surface area contributed by atoms with Gasteiger partial charge in [-0.1, -0.05) is 0 Å². The Labute approximate surface area is 126 Å². The van der Waals surface area contributed by atoms with Crippen LogP contribution in [-0.4, -0.2) is 17.6 Å². The molecule has 0 bridgehead atoms. The normalized spacial score (nSPS) is 10.1. The van der Waals surface area contributed by atoms with Crippen LogP contribution in [0, 0.1) is 0 Å². The number of pyridine rings is 1. The molecule has 0 aliphatic heterocycles. The van der Waals surface area contributed by atoms with Crippen molar-refractivity contribution in [1.29, 1.82) is 0 Å². The van der Waals surface area contributed by atoms with Crippen molar-refractivity contribution < 1.29 is 9.53 Å². The first-order valence-corrected chi connectivity index (χ1v) is 7.09. The van der Waals surface area contributed by atoms with Gasteiger partial charge in [-0.15, -0.1) is 0 Å². The first-order chi connectivity index (χ1) is 9.69. The minimum Gasteiger partial charge on any atom is -0.462 e. The molecule has 5 heteroatoms. The molecular formula is C15H15BrN2O2. The summed E-state index contributed by atoms with van der Waals surface area (Å²) < 4.78 is 5.89. The molecule has 0 saturated heterocycles. The number of hydrogen-bond acceptors (Lipinski definition) is 4. The Morgan fingerprint density at radius 1 is 1.30 bits per heavy atom. The summed E-state index contributed by atoms with van der Waals surface area (Å²) in [4.78, 5) is 15.6. The van der Waals surface area contributed by atoms with Gasteiger partial charge in [0.1, 0.15) is 0 Å². The Hall–Kier alpha value is -1.88. The maximum Gasteiger partial charge on any atom is 0.338 e. The molecule has 0 unspecified atom stereocenters. The fraction of sp³-hybridized carbons (Fsp3) is 0.200. The second-order valence-corrected chi connectivity index (χ2v) is 5.08. The highest BCUT2D eigenvalue weighted by Crippen LogP contribution is 2.14. The molecular weight excluding hydrogens is 320 g/mol. The second-order valence-electron chi connectivity index (χ2n) is 4.16. The lowest BCUT2D eigenvalue weighted by molar-refractivity contribution is 0.0526. The summed E-state index contributed by atoms with van der Waals surface area (Å²) in [7, 11) is 0. The van der Waals surface area contributed by atoms with Crippen LogP contribution in [0.5, 0.6) is 0 Å². The van der Waals surface area contributed by atoms with Crippen molar-refractivity contribution in [2.75, 3.05) is 11.9 Å². The molecule has 0 aliphatic carbocycles. The molecule has 0 radical (unpaired) electrons. The summed E-state index contributed by atoms with van der Waals surface area (Å²) in [6.45, 7) is 2.85. The maximum absolute atomic E-state index is 11.5. The highest BCUT2D eigenvalue weighted by atomic mass is 79.9. The minimum absolute atomic E-state index is 0.296. The lowest BCUT2D eigenvalue weighted by Crippen LogP contribution is -2.05. The van der Waals surface area contributed by atoms with Gasteiger partial charge >= 0.3 is 5.97 Å². The second kappa shape index (κ2) is 7.05. The number of rotatable bonds is 5. The molecule has 0 fully saturated rings. The van der Waals surface area contributed by atoms with E-state index in [1.165, 1.54) is 0 Å². The smallest absolute Gasteiger partial charge is 0.338 e. The largest absolute Gasteiger partial charge is 0.462 e. The van der Waals surface area contributed by atoms with Gasteiger partial charge in [-0.05, 0) is 58.7 Å². The van der Waals surface area contributed by atoms with Crippen molar-refractivity contribution in [2.45, 2.75) is 13.5 Å². The van der Waals surface area contributed by atoms with Crippen LogP contribution >= 0.6 is 15.9 Å². The van der Waals surface area contributed by atoms with E-state index < -0.39 is 0 Å². The third-order valence-electron chi connectivity index (χ3n) is 2.65. The molecule has 20 heavy (non-hydrogen) atoms. The van der Waals surface area contributed by atoms with Crippen molar-refractivity contribution >= 4 is 27.6 Å². The van der Waals surface area contributed by atoms with Gasteiger partial charge in [0.15, 0.2) is 0 Å². The topological polar surface area (TPSA) is 51.2 Å². The molecule has 104 valence electrons. The molecule has 0 amide bonds. The minimum atomic E-state index is -0.296. The molecule has 0 atom stereocenters. The van der Waals surface area contributed by atoms with Gasteiger partial charge in [0.05, 0.1) is 12.2 Å². The first kappa shape index (κ1) is 14.5. The Kier molecular flexibility index (Phi) is 5.12. The number of anilines is 1.